The van der Waals surface area contributed by atoms with E-state index in [0.29, 0.717) is 4.73 Å². The van der Waals surface area contributed by atoms with Crippen LogP contribution in [-0.4, -0.2) is 65.8 Å². The van der Waals surface area contributed by atoms with Crippen LogP contribution in [0.2, 0.25) is 10.0 Å². The third kappa shape index (κ3) is 12.3. The van der Waals surface area contributed by atoms with E-state index in [4.69, 9.17) is 46.9 Å². The van der Waals surface area contributed by atoms with Crippen LogP contribution < -0.4 is 23.2 Å². The molecule has 0 amide bonds. The van der Waals surface area contributed by atoms with E-state index < -0.39 is 60.6 Å². The van der Waals surface area contributed by atoms with Crippen LogP contribution in [-0.2, 0) is 41.5 Å². The molecule has 1 saturated carbocycles. The number of halogens is 4. The van der Waals surface area contributed by atoms with Crippen molar-refractivity contribution in [2.24, 2.45) is 5.92 Å². The van der Waals surface area contributed by atoms with Crippen molar-refractivity contribution >= 4 is 58.1 Å². The fourth-order valence-corrected chi connectivity index (χ4v) is 5.92. The second kappa shape index (κ2) is 18.1. The molecule has 0 radical (unpaired) electrons. The average molecular weight is 806 g/mol. The number of benzene rings is 2. The number of hydrogen-bond acceptors (Lipinski definition) is 11. The van der Waals surface area contributed by atoms with Gasteiger partial charge in [-0.15, -0.1) is 0 Å². The Labute approximate surface area is 315 Å². The average Bonchev–Trinajstić information content (AvgIpc) is 3.90. The van der Waals surface area contributed by atoms with E-state index in [9.17, 15) is 37.1 Å². The van der Waals surface area contributed by atoms with Crippen molar-refractivity contribution in [3.05, 3.63) is 80.7 Å². The minimum Gasteiger partial charge on any atom is -0.619 e. The number of anilines is 1. The van der Waals surface area contributed by atoms with Gasteiger partial charge in [0, 0.05) is 12.0 Å². The molecule has 0 spiro atoms. The molecule has 3 aromatic rings. The number of carbonyl (C=O) groups excluding carboxylic acids is 3. The smallest absolute Gasteiger partial charge is 0.387 e. The quantitative estimate of drug-likeness (QED) is 0.0556. The van der Waals surface area contributed by atoms with Crippen molar-refractivity contribution in [3.8, 4) is 17.2 Å². The number of alkyl halides is 2. The first-order chi connectivity index (χ1) is 24.9. The van der Waals surface area contributed by atoms with Crippen LogP contribution in [0.5, 0.6) is 17.2 Å². The number of aromatic nitrogens is 1. The summed E-state index contributed by atoms with van der Waals surface area (Å²) in [5.74, 6) is -2.96. The van der Waals surface area contributed by atoms with Gasteiger partial charge in [-0.2, -0.15) is 13.5 Å². The molecule has 4 rings (SSSR count). The van der Waals surface area contributed by atoms with Gasteiger partial charge >= 0.3 is 24.5 Å². The third-order valence-corrected chi connectivity index (χ3v) is 8.69. The number of carbonyl (C=O) groups is 3. The molecule has 2 unspecified atom stereocenters. The lowest BCUT2D eigenvalue weighted by Gasteiger charge is -2.25. The lowest BCUT2D eigenvalue weighted by atomic mass is 10.0. The topological polar surface area (TPSA) is 174 Å². The molecule has 14 nitrogen and oxygen atoms in total. The number of nitrogens with zero attached hydrogens (tertiary/aromatic N) is 2. The summed E-state index contributed by atoms with van der Waals surface area (Å²) >= 11 is 9.82. The van der Waals surface area contributed by atoms with E-state index in [1.54, 1.807) is 20.8 Å². The minimum absolute atomic E-state index is 0.0287. The second-order valence-electron chi connectivity index (χ2n) is 12.6. The van der Waals surface area contributed by atoms with Gasteiger partial charge in [0.1, 0.15) is 34.0 Å². The zero-order chi connectivity index (χ0) is 39.0. The maximum Gasteiger partial charge on any atom is 0.387 e. The molecular weight excluding hydrogens is 769 g/mol. The number of pyridine rings is 1. The highest BCUT2D eigenvalue weighted by Crippen LogP contribution is 2.38. The number of methoxy groups -OCH3 is 1. The Morgan fingerprint density at radius 2 is 1.70 bits per heavy atom. The highest BCUT2D eigenvalue weighted by molar-refractivity contribution is 7.80. The van der Waals surface area contributed by atoms with Gasteiger partial charge < -0.3 is 33.6 Å². The van der Waals surface area contributed by atoms with E-state index >= 15 is 0 Å². The molecule has 0 aliphatic heterocycles. The number of ether oxygens (including phenoxy) is 6. The molecule has 53 heavy (non-hydrogen) atoms. The molecule has 1 heterocycles. The van der Waals surface area contributed by atoms with Crippen LogP contribution in [0.1, 0.15) is 61.2 Å². The summed E-state index contributed by atoms with van der Waals surface area (Å²) in [7, 11) is 1.27. The van der Waals surface area contributed by atoms with Gasteiger partial charge in [0.15, 0.2) is 30.5 Å². The molecule has 288 valence electrons. The van der Waals surface area contributed by atoms with Crippen LogP contribution >= 0.6 is 23.2 Å². The van der Waals surface area contributed by atoms with Gasteiger partial charge in [0.25, 0.3) is 11.3 Å². The zero-order valence-electron chi connectivity index (χ0n) is 28.8. The van der Waals surface area contributed by atoms with Gasteiger partial charge in [0.2, 0.25) is 0 Å². The SMILES string of the molecule is COc1ccc(C(=O)OCC(=O)OC(Cc2c(Cl)c[n+]([O-])cc2Cl)c2ccc(OC(F)F)c(OCC3CC3)c2)cc1N(CC(=O)OC(C)(C)C)S(=O)O. The highest BCUT2D eigenvalue weighted by atomic mass is 35.5. The van der Waals surface area contributed by atoms with Crippen LogP contribution in [0.3, 0.4) is 0 Å². The number of esters is 3. The molecule has 2 atom stereocenters. The minimum atomic E-state index is -3.14. The van der Waals surface area contributed by atoms with Crippen molar-refractivity contribution in [2.45, 2.75) is 58.4 Å². The Bertz CT molecular complexity index is 1820. The lowest BCUT2D eigenvalue weighted by Crippen LogP contribution is -2.36. The standard InChI is InChI=1S/C34H36Cl2F2N2O12S/c1-34(2,3)52-30(41)16-40(53(45)46)25-11-21(8-9-26(25)47-4)32(43)49-18-31(42)50-28(13-22-23(35)14-39(44)15-24(22)36)20-7-10-27(51-33(37)38)29(12-20)48-17-19-5-6-19/h7-12,14-15,19,28,33H,5-6,13,16-18H2,1-4H3,(H,45,46). The Balaban J connectivity index is 1.56. The van der Waals surface area contributed by atoms with E-state index in [-0.39, 0.29) is 68.6 Å². The molecule has 19 heteroatoms. The molecule has 0 saturated heterocycles. The normalized spacial score (nSPS) is 13.8. The van der Waals surface area contributed by atoms with Gasteiger partial charge in [-0.25, -0.2) is 13.8 Å². The second-order valence-corrected chi connectivity index (χ2v) is 14.3. The van der Waals surface area contributed by atoms with Crippen LogP contribution in [0, 0.1) is 11.1 Å². The third-order valence-electron chi connectivity index (χ3n) is 7.33. The first-order valence-corrected chi connectivity index (χ1v) is 17.7. The Morgan fingerprint density at radius 1 is 1.04 bits per heavy atom. The van der Waals surface area contributed by atoms with E-state index in [1.165, 1.54) is 37.4 Å². The molecule has 1 aliphatic carbocycles. The summed E-state index contributed by atoms with van der Waals surface area (Å²) in [5.41, 5.74) is -0.756. The first kappa shape index (κ1) is 41.3. The largest absolute Gasteiger partial charge is 0.619 e. The van der Waals surface area contributed by atoms with Gasteiger partial charge in [0.05, 0.1) is 25.0 Å². The number of hydrogen-bond donors (Lipinski definition) is 1. The van der Waals surface area contributed by atoms with Crippen molar-refractivity contribution in [2.75, 3.05) is 31.2 Å². The molecule has 1 N–H and O–H groups in total. The molecule has 1 fully saturated rings. The summed E-state index contributed by atoms with van der Waals surface area (Å²) < 4.78 is 81.4. The Kier molecular flexibility index (Phi) is 14.1. The van der Waals surface area contributed by atoms with Gasteiger partial charge in [-0.1, -0.05) is 29.3 Å². The van der Waals surface area contributed by atoms with Crippen molar-refractivity contribution in [1.29, 1.82) is 0 Å². The van der Waals surface area contributed by atoms with Gasteiger partial charge in [-0.05, 0) is 75.4 Å². The first-order valence-electron chi connectivity index (χ1n) is 15.9. The molecule has 1 aromatic heterocycles. The van der Waals surface area contributed by atoms with E-state index in [2.05, 4.69) is 4.74 Å². The summed E-state index contributed by atoms with van der Waals surface area (Å²) in [6.07, 6.45) is 2.48. The maximum atomic E-state index is 13.2. The molecule has 1 aliphatic rings. The predicted octanol–water partition coefficient (Wildman–Crippen LogP) is 5.99. The number of rotatable bonds is 17. The van der Waals surface area contributed by atoms with Crippen LogP contribution in [0.25, 0.3) is 0 Å². The lowest BCUT2D eigenvalue weighted by molar-refractivity contribution is -0.605. The van der Waals surface area contributed by atoms with E-state index in [0.717, 1.165) is 35.6 Å². The summed E-state index contributed by atoms with van der Waals surface area (Å²) in [6, 6.07) is 7.61. The monoisotopic (exact) mass is 804 g/mol. The van der Waals surface area contributed by atoms with Crippen molar-refractivity contribution in [3.63, 3.8) is 0 Å². The fraction of sp³-hybridized carbons (Fsp3) is 0.412. The van der Waals surface area contributed by atoms with E-state index in [1.807, 2.05) is 0 Å². The summed E-state index contributed by atoms with van der Waals surface area (Å²) in [6.45, 7) is 0.333. The van der Waals surface area contributed by atoms with Crippen LogP contribution in [0.4, 0.5) is 14.5 Å². The fourth-order valence-electron chi connectivity index (χ4n) is 4.79. The maximum absolute atomic E-state index is 13.2. The predicted molar refractivity (Wildman–Crippen MR) is 186 cm³/mol. The molecular formula is C34H36Cl2F2N2O12S. The highest BCUT2D eigenvalue weighted by Gasteiger charge is 2.28. The van der Waals surface area contributed by atoms with Gasteiger partial charge in [-0.3, -0.25) is 13.7 Å². The Hall–Kier alpha value is -4.45. The van der Waals surface area contributed by atoms with Crippen molar-refractivity contribution in [1.82, 2.24) is 0 Å². The zero-order valence-corrected chi connectivity index (χ0v) is 31.2. The molecule has 2 aromatic carbocycles. The summed E-state index contributed by atoms with van der Waals surface area (Å²) in [5, 5.41) is 11.7. The Morgan fingerprint density at radius 3 is 2.28 bits per heavy atom. The molecule has 0 bridgehead atoms. The van der Waals surface area contributed by atoms with Crippen LogP contribution in [0.15, 0.2) is 48.8 Å². The summed E-state index contributed by atoms with van der Waals surface area (Å²) in [4.78, 5) is 38.7. The van der Waals surface area contributed by atoms with Crippen molar-refractivity contribution < 1.29 is 65.1 Å².